The van der Waals surface area contributed by atoms with Crippen LogP contribution in [-0.2, 0) is 18.5 Å². The molecular formula is C43H38N6O4. The molecule has 10 nitrogen and oxygen atoms in total. The van der Waals surface area contributed by atoms with Gasteiger partial charge in [0.1, 0.15) is 11.3 Å². The maximum atomic E-state index is 13.5. The van der Waals surface area contributed by atoms with Crippen molar-refractivity contribution < 1.29 is 14.6 Å². The summed E-state index contributed by atoms with van der Waals surface area (Å²) in [5.41, 5.74) is 4.83. The number of carboxylic acid groups (broad SMARTS) is 1. The second-order valence-electron chi connectivity index (χ2n) is 12.7. The fourth-order valence-electron chi connectivity index (χ4n) is 7.02. The minimum absolute atomic E-state index is 0.0583. The molecule has 10 heteroatoms. The number of ether oxygens (including phenoxy) is 1. The van der Waals surface area contributed by atoms with E-state index in [1.807, 2.05) is 95.7 Å². The Balaban J connectivity index is 1.33. The van der Waals surface area contributed by atoms with Crippen LogP contribution in [0.25, 0.3) is 22.5 Å². The van der Waals surface area contributed by atoms with Crippen LogP contribution < -0.4 is 10.3 Å². The molecule has 1 N–H and O–H groups in total. The van der Waals surface area contributed by atoms with Gasteiger partial charge in [0, 0.05) is 29.1 Å². The van der Waals surface area contributed by atoms with Gasteiger partial charge in [0.15, 0.2) is 11.4 Å². The Kier molecular flexibility index (Phi) is 10.0. The lowest BCUT2D eigenvalue weighted by atomic mass is 9.77. The Morgan fingerprint density at radius 3 is 1.91 bits per heavy atom. The van der Waals surface area contributed by atoms with E-state index >= 15 is 0 Å². The van der Waals surface area contributed by atoms with Crippen molar-refractivity contribution in [2.75, 3.05) is 7.11 Å². The smallest absolute Gasteiger partial charge is 0.345 e. The van der Waals surface area contributed by atoms with Gasteiger partial charge >= 0.3 is 5.97 Å². The molecule has 264 valence electrons. The third kappa shape index (κ3) is 6.51. The van der Waals surface area contributed by atoms with E-state index in [4.69, 9.17) is 14.9 Å². The van der Waals surface area contributed by atoms with Crippen LogP contribution in [0.1, 0.15) is 58.2 Å². The number of tetrazole rings is 1. The number of carbonyl (C=O) groups is 1. The van der Waals surface area contributed by atoms with Crippen LogP contribution in [0.15, 0.2) is 144 Å². The molecule has 0 saturated heterocycles. The number of aryl methyl sites for hydroxylation is 1. The molecule has 0 bridgehead atoms. The molecular weight excluding hydrogens is 665 g/mol. The molecule has 0 amide bonds. The molecule has 0 spiro atoms. The Bertz CT molecular complexity index is 2300. The highest BCUT2D eigenvalue weighted by atomic mass is 16.5. The Labute approximate surface area is 307 Å². The number of unbranched alkanes of at least 4 members (excludes halogenated alkanes) is 1. The van der Waals surface area contributed by atoms with Crippen LogP contribution in [0, 0.1) is 0 Å². The normalized spacial score (nSPS) is 11.4. The van der Waals surface area contributed by atoms with E-state index in [0.717, 1.165) is 46.2 Å². The molecule has 0 aliphatic heterocycles. The van der Waals surface area contributed by atoms with Gasteiger partial charge in [-0.25, -0.2) is 9.48 Å². The van der Waals surface area contributed by atoms with Crippen molar-refractivity contribution in [1.82, 2.24) is 29.8 Å². The average molecular weight is 703 g/mol. The third-order valence-corrected chi connectivity index (χ3v) is 9.56. The molecule has 7 rings (SSSR count). The van der Waals surface area contributed by atoms with Gasteiger partial charge in [-0.3, -0.25) is 9.78 Å². The topological polar surface area (TPSA) is 125 Å². The van der Waals surface area contributed by atoms with Gasteiger partial charge in [-0.15, -0.1) is 5.10 Å². The van der Waals surface area contributed by atoms with E-state index in [1.54, 1.807) is 12.3 Å². The van der Waals surface area contributed by atoms with E-state index < -0.39 is 22.6 Å². The molecule has 0 aliphatic carbocycles. The molecule has 0 saturated carbocycles. The molecule has 0 radical (unpaired) electrons. The summed E-state index contributed by atoms with van der Waals surface area (Å²) < 4.78 is 8.69. The fourth-order valence-corrected chi connectivity index (χ4v) is 7.02. The monoisotopic (exact) mass is 702 g/mol. The second-order valence-corrected chi connectivity index (χ2v) is 12.7. The molecule has 0 fully saturated rings. The summed E-state index contributed by atoms with van der Waals surface area (Å²) in [4.78, 5) is 30.4. The first kappa shape index (κ1) is 34.8. The van der Waals surface area contributed by atoms with E-state index in [0.29, 0.717) is 23.6 Å². The van der Waals surface area contributed by atoms with Gasteiger partial charge in [-0.1, -0.05) is 135 Å². The number of aromatic carboxylic acids is 1. The van der Waals surface area contributed by atoms with E-state index in [1.165, 1.54) is 11.7 Å². The summed E-state index contributed by atoms with van der Waals surface area (Å²) in [6.07, 6.45) is 4.10. The highest BCUT2D eigenvalue weighted by Gasteiger charge is 2.42. The van der Waals surface area contributed by atoms with Crippen LogP contribution in [0.2, 0.25) is 0 Å². The second kappa shape index (κ2) is 15.3. The van der Waals surface area contributed by atoms with Crippen LogP contribution >= 0.6 is 0 Å². The summed E-state index contributed by atoms with van der Waals surface area (Å²) >= 11 is 0. The molecule has 4 aromatic carbocycles. The van der Waals surface area contributed by atoms with E-state index in [2.05, 4.69) is 53.6 Å². The lowest BCUT2D eigenvalue weighted by Gasteiger charge is -2.36. The highest BCUT2D eigenvalue weighted by molar-refractivity contribution is 5.90. The zero-order valence-electron chi connectivity index (χ0n) is 29.5. The average Bonchev–Trinajstić information content (AvgIpc) is 3.70. The minimum Gasteiger partial charge on any atom is -0.496 e. The summed E-state index contributed by atoms with van der Waals surface area (Å²) in [5.74, 6) is -0.712. The SMILES string of the molecule is CCCCc1cc(OC)c(C(=O)O)c(=O)n1Cc1ccc(-c2ccccc2-c2nnnn2C(c2ccccc2)(c2ccccc2)c2ccccc2)cn1. The van der Waals surface area contributed by atoms with Gasteiger partial charge in [0.25, 0.3) is 5.56 Å². The summed E-state index contributed by atoms with van der Waals surface area (Å²) in [5, 5.41) is 23.5. The molecule has 3 heterocycles. The van der Waals surface area contributed by atoms with Crippen LogP contribution in [-0.4, -0.2) is 47.9 Å². The van der Waals surface area contributed by atoms with Crippen LogP contribution in [0.4, 0.5) is 0 Å². The molecule has 0 atom stereocenters. The summed E-state index contributed by atoms with van der Waals surface area (Å²) in [6.45, 7) is 2.17. The van der Waals surface area contributed by atoms with Gasteiger partial charge in [0.2, 0.25) is 0 Å². The largest absolute Gasteiger partial charge is 0.496 e. The maximum Gasteiger partial charge on any atom is 0.345 e. The van der Waals surface area contributed by atoms with Crippen LogP contribution in [0.3, 0.4) is 0 Å². The zero-order chi connectivity index (χ0) is 36.8. The van der Waals surface area contributed by atoms with Crippen molar-refractivity contribution in [1.29, 1.82) is 0 Å². The van der Waals surface area contributed by atoms with Crippen molar-refractivity contribution >= 4 is 5.97 Å². The Morgan fingerprint density at radius 2 is 1.38 bits per heavy atom. The van der Waals surface area contributed by atoms with Gasteiger partial charge in [-0.2, -0.15) is 0 Å². The minimum atomic E-state index is -1.33. The lowest BCUT2D eigenvalue weighted by Crippen LogP contribution is -2.39. The summed E-state index contributed by atoms with van der Waals surface area (Å²) in [7, 11) is 1.37. The quantitative estimate of drug-likeness (QED) is 0.123. The first-order valence-corrected chi connectivity index (χ1v) is 17.5. The number of benzene rings is 4. The number of carboxylic acids is 1. The third-order valence-electron chi connectivity index (χ3n) is 9.56. The predicted octanol–water partition coefficient (Wildman–Crippen LogP) is 7.50. The van der Waals surface area contributed by atoms with Crippen molar-refractivity contribution in [3.8, 4) is 28.3 Å². The zero-order valence-corrected chi connectivity index (χ0v) is 29.5. The van der Waals surface area contributed by atoms with Crippen molar-refractivity contribution in [2.45, 2.75) is 38.3 Å². The number of aromatic nitrogens is 6. The molecule has 0 unspecified atom stereocenters. The van der Waals surface area contributed by atoms with Gasteiger partial charge in [0.05, 0.1) is 19.3 Å². The number of hydrogen-bond donors (Lipinski definition) is 1. The fraction of sp³-hybridized carbons (Fsp3) is 0.163. The molecule has 53 heavy (non-hydrogen) atoms. The first-order valence-electron chi connectivity index (χ1n) is 17.5. The highest BCUT2D eigenvalue weighted by Crippen LogP contribution is 2.43. The maximum absolute atomic E-state index is 13.5. The molecule has 3 aromatic heterocycles. The van der Waals surface area contributed by atoms with Crippen molar-refractivity contribution in [3.05, 3.63) is 184 Å². The van der Waals surface area contributed by atoms with Gasteiger partial charge < -0.3 is 14.4 Å². The van der Waals surface area contributed by atoms with Gasteiger partial charge in [-0.05, 0) is 51.6 Å². The van der Waals surface area contributed by atoms with Crippen molar-refractivity contribution in [2.24, 2.45) is 0 Å². The number of methoxy groups -OCH3 is 1. The lowest BCUT2D eigenvalue weighted by molar-refractivity contribution is 0.0690. The standard InChI is InChI=1S/C43H38N6O4/c1-3-4-22-35-27-38(53-2)39(42(51)52)41(50)48(35)29-34-26-25-30(28-44-34)36-23-14-15-24-37(36)40-45-46-47-49(40)43(31-16-8-5-9-17-31,32-18-10-6-11-19-32)33-20-12-7-13-21-33/h5-21,23-28H,3-4,22,29H2,1-2H3,(H,51,52). The predicted molar refractivity (Wildman–Crippen MR) is 203 cm³/mol. The summed E-state index contributed by atoms with van der Waals surface area (Å²) in [6, 6.07) is 44.1. The number of hydrogen-bond acceptors (Lipinski definition) is 7. The van der Waals surface area contributed by atoms with Crippen LogP contribution in [0.5, 0.6) is 5.75 Å². The number of rotatable bonds is 13. The Hall–Kier alpha value is -6.68. The van der Waals surface area contributed by atoms with E-state index in [-0.39, 0.29) is 12.3 Å². The van der Waals surface area contributed by atoms with Crippen molar-refractivity contribution in [3.63, 3.8) is 0 Å². The number of nitrogens with zero attached hydrogens (tertiary/aromatic N) is 6. The molecule has 7 aromatic rings. The first-order chi connectivity index (χ1) is 26.0. The van der Waals surface area contributed by atoms with E-state index in [9.17, 15) is 14.7 Å². The number of pyridine rings is 2. The Morgan fingerprint density at radius 1 is 0.792 bits per heavy atom. The molecule has 0 aliphatic rings.